The van der Waals surface area contributed by atoms with Crippen LogP contribution < -0.4 is 0 Å². The van der Waals surface area contributed by atoms with Gasteiger partial charge in [0, 0.05) is 46.8 Å². The van der Waals surface area contributed by atoms with Gasteiger partial charge in [0.15, 0.2) is 12.2 Å². The van der Waals surface area contributed by atoms with Gasteiger partial charge >= 0.3 is 6.03 Å². The lowest BCUT2D eigenvalue weighted by Gasteiger charge is -2.41. The van der Waals surface area contributed by atoms with Crippen LogP contribution in [0.4, 0.5) is 4.79 Å². The molecule has 0 spiro atoms. The number of amidine groups is 1. The zero-order chi connectivity index (χ0) is 27.6. The largest absolute Gasteiger partial charge is 0.339 e. The lowest BCUT2D eigenvalue weighted by Crippen LogP contribution is -2.64. The summed E-state index contributed by atoms with van der Waals surface area (Å²) in [6.07, 6.45) is -0.503. The smallest absolute Gasteiger partial charge is 0.328 e. The molecule has 6 rings (SSSR count). The number of fused-ring (bicyclic) bond motifs is 1. The molecule has 0 radical (unpaired) electrons. The first-order valence-corrected chi connectivity index (χ1v) is 14.0. The number of likely N-dealkylation sites (N-methyl/N-ethyl adjacent to an activating group) is 2. The number of urea groups is 1. The van der Waals surface area contributed by atoms with Gasteiger partial charge in [0.05, 0.1) is 12.6 Å². The third kappa shape index (κ3) is 5.00. The third-order valence-electron chi connectivity index (χ3n) is 8.36. The zero-order valence-corrected chi connectivity index (χ0v) is 23.1. The van der Waals surface area contributed by atoms with E-state index in [1.807, 2.05) is 18.2 Å². The molecule has 3 aliphatic rings. The number of carbonyl (C=O) groups is 2. The third-order valence-corrected chi connectivity index (χ3v) is 8.36. The second-order valence-electron chi connectivity index (χ2n) is 10.8. The van der Waals surface area contributed by atoms with Gasteiger partial charge in [0.1, 0.15) is 5.84 Å². The van der Waals surface area contributed by atoms with Crippen LogP contribution in [0.5, 0.6) is 0 Å². The van der Waals surface area contributed by atoms with Crippen molar-refractivity contribution in [1.29, 1.82) is 0 Å². The first-order valence-electron chi connectivity index (χ1n) is 14.0. The molecule has 0 N–H and O–H groups in total. The van der Waals surface area contributed by atoms with Gasteiger partial charge in [0.2, 0.25) is 0 Å². The highest BCUT2D eigenvalue weighted by Crippen LogP contribution is 2.31. The minimum atomic E-state index is -0.510. The van der Waals surface area contributed by atoms with Crippen molar-refractivity contribution in [3.8, 4) is 0 Å². The quantitative estimate of drug-likeness (QED) is 0.463. The maximum absolute atomic E-state index is 13.3. The number of imide groups is 1. The van der Waals surface area contributed by atoms with Crippen LogP contribution in [0.15, 0.2) is 96.0 Å². The Hall–Kier alpha value is -4.01. The summed E-state index contributed by atoms with van der Waals surface area (Å²) in [4.78, 5) is 40.9. The lowest BCUT2D eigenvalue weighted by molar-refractivity contribution is -0.136. The van der Waals surface area contributed by atoms with Crippen LogP contribution in [0.1, 0.15) is 22.7 Å². The van der Waals surface area contributed by atoms with Gasteiger partial charge in [0.25, 0.3) is 5.91 Å². The van der Waals surface area contributed by atoms with Crippen molar-refractivity contribution in [2.24, 2.45) is 4.99 Å². The van der Waals surface area contributed by atoms with Crippen molar-refractivity contribution in [1.82, 2.24) is 24.5 Å². The van der Waals surface area contributed by atoms with Crippen LogP contribution in [0.2, 0.25) is 0 Å². The number of nitrogens with zero attached hydrogens (tertiary/aromatic N) is 6. The number of amides is 3. The van der Waals surface area contributed by atoms with Gasteiger partial charge in [-0.05, 0) is 16.7 Å². The molecule has 8 nitrogen and oxygen atoms in total. The van der Waals surface area contributed by atoms with Crippen LogP contribution in [0.3, 0.4) is 0 Å². The molecule has 8 heteroatoms. The SMILES string of the molecule is CN1C(=O)C2C(N=C(CN3CCN(C(c4ccccc4)c4ccccc4)CC3)N2Cc2ccccc2)N(C)C1=O. The van der Waals surface area contributed by atoms with Gasteiger partial charge in [-0.15, -0.1) is 0 Å². The van der Waals surface area contributed by atoms with Crippen molar-refractivity contribution in [3.05, 3.63) is 108 Å². The van der Waals surface area contributed by atoms with Crippen LogP contribution in [0, 0.1) is 0 Å². The maximum Gasteiger partial charge on any atom is 0.328 e. The van der Waals surface area contributed by atoms with Crippen LogP contribution >= 0.6 is 0 Å². The second kappa shape index (κ2) is 11.2. The van der Waals surface area contributed by atoms with Gasteiger partial charge in [-0.2, -0.15) is 0 Å². The lowest BCUT2D eigenvalue weighted by atomic mass is 9.96. The van der Waals surface area contributed by atoms with E-state index in [1.165, 1.54) is 16.0 Å². The molecule has 0 bridgehead atoms. The predicted molar refractivity (Wildman–Crippen MR) is 156 cm³/mol. The number of aliphatic imine (C=N–C) groups is 1. The van der Waals surface area contributed by atoms with E-state index in [2.05, 4.69) is 87.5 Å². The molecular weight excluding hydrogens is 500 g/mol. The van der Waals surface area contributed by atoms with E-state index in [0.29, 0.717) is 13.1 Å². The van der Waals surface area contributed by atoms with Crippen molar-refractivity contribution in [2.45, 2.75) is 24.8 Å². The fourth-order valence-electron chi connectivity index (χ4n) is 6.19. The zero-order valence-electron chi connectivity index (χ0n) is 23.1. The molecule has 3 aromatic carbocycles. The van der Waals surface area contributed by atoms with E-state index in [1.54, 1.807) is 19.0 Å². The molecule has 2 saturated heterocycles. The molecule has 2 fully saturated rings. The predicted octanol–water partition coefficient (Wildman–Crippen LogP) is 3.53. The maximum atomic E-state index is 13.3. The van der Waals surface area contributed by atoms with E-state index in [-0.39, 0.29) is 18.0 Å². The topological polar surface area (TPSA) is 62.7 Å². The van der Waals surface area contributed by atoms with Crippen molar-refractivity contribution in [3.63, 3.8) is 0 Å². The summed E-state index contributed by atoms with van der Waals surface area (Å²) >= 11 is 0. The Morgan fingerprint density at radius 2 is 1.30 bits per heavy atom. The van der Waals surface area contributed by atoms with Gasteiger partial charge in [-0.25, -0.2) is 9.79 Å². The van der Waals surface area contributed by atoms with Crippen molar-refractivity contribution < 1.29 is 9.59 Å². The highest BCUT2D eigenvalue weighted by Gasteiger charge is 2.51. The van der Waals surface area contributed by atoms with Gasteiger partial charge in [-0.3, -0.25) is 19.5 Å². The Morgan fingerprint density at radius 1 is 0.750 bits per heavy atom. The number of carbonyl (C=O) groups excluding carboxylic acids is 2. The number of rotatable bonds is 7. The summed E-state index contributed by atoms with van der Waals surface area (Å²) in [6, 6.07) is 31.0. The Labute approximate surface area is 236 Å². The monoisotopic (exact) mass is 536 g/mol. The number of benzene rings is 3. The number of piperazine rings is 1. The molecule has 3 aromatic rings. The fourth-order valence-corrected chi connectivity index (χ4v) is 6.19. The normalized spacial score (nSPS) is 22.2. The molecule has 206 valence electrons. The van der Waals surface area contributed by atoms with Crippen LogP contribution in [-0.2, 0) is 11.3 Å². The van der Waals surface area contributed by atoms with Crippen LogP contribution in [0.25, 0.3) is 0 Å². The molecule has 3 aliphatic heterocycles. The van der Waals surface area contributed by atoms with Crippen molar-refractivity contribution >= 4 is 17.8 Å². The summed E-state index contributed by atoms with van der Waals surface area (Å²) in [5, 5.41) is 0. The first kappa shape index (κ1) is 26.2. The molecule has 3 amide bonds. The fraction of sp³-hybridized carbons (Fsp3) is 0.344. The minimum Gasteiger partial charge on any atom is -0.339 e. The van der Waals surface area contributed by atoms with E-state index < -0.39 is 12.2 Å². The van der Waals surface area contributed by atoms with E-state index in [4.69, 9.17) is 4.99 Å². The summed E-state index contributed by atoms with van der Waals surface area (Å²) in [7, 11) is 3.30. The van der Waals surface area contributed by atoms with E-state index in [9.17, 15) is 9.59 Å². The minimum absolute atomic E-state index is 0.193. The van der Waals surface area contributed by atoms with Crippen LogP contribution in [-0.4, -0.2) is 101 Å². The highest BCUT2D eigenvalue weighted by molar-refractivity contribution is 6.04. The Bertz CT molecular complexity index is 1320. The molecule has 2 unspecified atom stereocenters. The molecule has 0 aromatic heterocycles. The average molecular weight is 537 g/mol. The molecule has 2 atom stereocenters. The molecular formula is C32H36N6O2. The Balaban J connectivity index is 1.20. The standard InChI is InChI=1S/C32H36N6O2/c1-34-30-29(31(39)35(2)32(34)40)38(22-24-12-6-3-7-13-24)27(33-30)23-36-18-20-37(21-19-36)28(25-14-8-4-9-15-25)26-16-10-5-11-17-26/h3-17,28-30H,18-23H2,1-2H3. The van der Waals surface area contributed by atoms with Gasteiger partial charge in [-0.1, -0.05) is 91.0 Å². The molecule has 0 aliphatic carbocycles. The number of hydrogen-bond donors (Lipinski definition) is 0. The first-order chi connectivity index (χ1) is 19.5. The Kier molecular flexibility index (Phi) is 7.36. The van der Waals surface area contributed by atoms with E-state index in [0.717, 1.165) is 37.6 Å². The number of hydrogen-bond acceptors (Lipinski definition) is 6. The van der Waals surface area contributed by atoms with Gasteiger partial charge < -0.3 is 9.80 Å². The molecule has 40 heavy (non-hydrogen) atoms. The van der Waals surface area contributed by atoms with E-state index >= 15 is 0 Å². The summed E-state index contributed by atoms with van der Waals surface area (Å²) < 4.78 is 0. The molecule has 0 saturated carbocycles. The molecule has 3 heterocycles. The highest BCUT2D eigenvalue weighted by atomic mass is 16.2. The average Bonchev–Trinajstić information content (AvgIpc) is 3.35. The summed E-state index contributed by atoms with van der Waals surface area (Å²) in [5.41, 5.74) is 3.72. The second-order valence-corrected chi connectivity index (χ2v) is 10.8. The van der Waals surface area contributed by atoms with Crippen molar-refractivity contribution in [2.75, 3.05) is 46.8 Å². The summed E-state index contributed by atoms with van der Waals surface area (Å²) in [5.74, 6) is 0.680. The summed E-state index contributed by atoms with van der Waals surface area (Å²) in [6.45, 7) is 4.86. The Morgan fingerprint density at radius 3 is 1.88 bits per heavy atom.